The summed E-state index contributed by atoms with van der Waals surface area (Å²) in [5.41, 5.74) is -0.198. The van der Waals surface area contributed by atoms with Gasteiger partial charge >= 0.3 is 12.0 Å². The Kier molecular flexibility index (Phi) is 5.67. The van der Waals surface area contributed by atoms with Gasteiger partial charge in [0.1, 0.15) is 17.4 Å². The summed E-state index contributed by atoms with van der Waals surface area (Å²) < 4.78 is 13.4. The highest BCUT2D eigenvalue weighted by Crippen LogP contribution is 2.18. The minimum atomic E-state index is -1.02. The van der Waals surface area contributed by atoms with E-state index in [1.807, 2.05) is 0 Å². The third-order valence-corrected chi connectivity index (χ3v) is 2.82. The third-order valence-electron chi connectivity index (χ3n) is 2.82. The Morgan fingerprint density at radius 2 is 2.14 bits per heavy atom. The van der Waals surface area contributed by atoms with Crippen molar-refractivity contribution in [1.29, 1.82) is 5.26 Å². The molecule has 0 aliphatic heterocycles. The summed E-state index contributed by atoms with van der Waals surface area (Å²) in [7, 11) is 0. The van der Waals surface area contributed by atoms with E-state index >= 15 is 0 Å². The van der Waals surface area contributed by atoms with Crippen molar-refractivity contribution in [2.24, 2.45) is 0 Å². The zero-order chi connectivity index (χ0) is 16.0. The summed E-state index contributed by atoms with van der Waals surface area (Å²) in [5, 5.41) is 20.0. The van der Waals surface area contributed by atoms with Gasteiger partial charge in [0.2, 0.25) is 0 Å². The van der Waals surface area contributed by atoms with Crippen molar-refractivity contribution < 1.29 is 19.1 Å². The van der Waals surface area contributed by atoms with Crippen LogP contribution in [0.4, 0.5) is 14.9 Å². The normalized spacial score (nSPS) is 10.0. The lowest BCUT2D eigenvalue weighted by Gasteiger charge is -2.26. The van der Waals surface area contributed by atoms with Crippen LogP contribution in [0.2, 0.25) is 0 Å². The number of carbonyl (C=O) groups is 2. The van der Waals surface area contributed by atoms with Crippen molar-refractivity contribution >= 4 is 17.7 Å². The first-order chi connectivity index (χ1) is 9.86. The average Bonchev–Trinajstić information content (AvgIpc) is 2.38. The van der Waals surface area contributed by atoms with Crippen LogP contribution in [0, 0.1) is 17.1 Å². The Bertz CT molecular complexity index is 581. The summed E-state index contributed by atoms with van der Waals surface area (Å²) in [5.74, 6) is -1.74. The van der Waals surface area contributed by atoms with E-state index < -0.39 is 17.8 Å². The van der Waals surface area contributed by atoms with Gasteiger partial charge in [-0.1, -0.05) is 6.07 Å². The molecular formula is C14H16FN3O3. The summed E-state index contributed by atoms with van der Waals surface area (Å²) in [6.45, 7) is 3.49. The fourth-order valence-electron chi connectivity index (χ4n) is 1.74. The fourth-order valence-corrected chi connectivity index (χ4v) is 1.74. The molecule has 0 saturated carbocycles. The number of nitrogens with one attached hydrogen (secondary N) is 1. The van der Waals surface area contributed by atoms with E-state index in [4.69, 9.17) is 10.4 Å². The molecule has 0 heterocycles. The lowest BCUT2D eigenvalue weighted by Crippen LogP contribution is -2.41. The van der Waals surface area contributed by atoms with Crippen LogP contribution >= 0.6 is 0 Å². The van der Waals surface area contributed by atoms with Crippen molar-refractivity contribution in [2.75, 3.05) is 11.9 Å². The molecule has 0 aliphatic carbocycles. The van der Waals surface area contributed by atoms with E-state index in [1.165, 1.54) is 17.0 Å². The van der Waals surface area contributed by atoms with Gasteiger partial charge in [-0.25, -0.2) is 9.18 Å². The van der Waals surface area contributed by atoms with Crippen LogP contribution in [-0.2, 0) is 4.79 Å². The molecule has 7 heteroatoms. The van der Waals surface area contributed by atoms with Crippen molar-refractivity contribution in [3.63, 3.8) is 0 Å². The van der Waals surface area contributed by atoms with Crippen LogP contribution in [-0.4, -0.2) is 34.6 Å². The molecule has 112 valence electrons. The minimum absolute atomic E-state index is 0.0238. The lowest BCUT2D eigenvalue weighted by atomic mass is 10.2. The standard InChI is InChI=1S/C14H16FN3O3/c1-9(2)18(7-6-13(19)20)14(21)17-12-5-3-4-11(15)10(12)8-16/h3-5,9H,6-7H2,1-2H3,(H,17,21)(H,19,20). The van der Waals surface area contributed by atoms with E-state index in [0.717, 1.165) is 6.07 Å². The number of carboxylic acids is 1. The van der Waals surface area contributed by atoms with Gasteiger partial charge in [-0.3, -0.25) is 4.79 Å². The van der Waals surface area contributed by atoms with Crippen molar-refractivity contribution in [3.8, 4) is 6.07 Å². The van der Waals surface area contributed by atoms with Crippen LogP contribution in [0.1, 0.15) is 25.8 Å². The third kappa shape index (κ3) is 4.45. The molecule has 0 atom stereocenters. The van der Waals surface area contributed by atoms with Crippen LogP contribution in [0.15, 0.2) is 18.2 Å². The number of carbonyl (C=O) groups excluding carboxylic acids is 1. The summed E-state index contributed by atoms with van der Waals surface area (Å²) in [4.78, 5) is 24.0. The van der Waals surface area contributed by atoms with Crippen molar-refractivity contribution in [1.82, 2.24) is 4.90 Å². The number of hydrogen-bond acceptors (Lipinski definition) is 3. The molecule has 6 nitrogen and oxygen atoms in total. The molecule has 0 radical (unpaired) electrons. The predicted molar refractivity (Wildman–Crippen MR) is 74.2 cm³/mol. The number of benzene rings is 1. The van der Waals surface area contributed by atoms with Crippen molar-refractivity contribution in [2.45, 2.75) is 26.3 Å². The predicted octanol–water partition coefficient (Wildman–Crippen LogP) is 2.41. The molecule has 0 unspecified atom stereocenters. The van der Waals surface area contributed by atoms with Gasteiger partial charge in [0.25, 0.3) is 0 Å². The molecule has 0 bridgehead atoms. The number of anilines is 1. The first-order valence-electron chi connectivity index (χ1n) is 6.34. The van der Waals surface area contributed by atoms with Gasteiger partial charge in [-0.15, -0.1) is 0 Å². The lowest BCUT2D eigenvalue weighted by molar-refractivity contribution is -0.137. The van der Waals surface area contributed by atoms with E-state index in [2.05, 4.69) is 5.32 Å². The van der Waals surface area contributed by atoms with Crippen LogP contribution in [0.3, 0.4) is 0 Å². The Morgan fingerprint density at radius 1 is 1.48 bits per heavy atom. The van der Waals surface area contributed by atoms with Crippen molar-refractivity contribution in [3.05, 3.63) is 29.6 Å². The van der Waals surface area contributed by atoms with Gasteiger partial charge in [0.05, 0.1) is 12.1 Å². The van der Waals surface area contributed by atoms with E-state index in [9.17, 15) is 14.0 Å². The number of aliphatic carboxylic acids is 1. The molecule has 0 spiro atoms. The maximum absolute atomic E-state index is 13.4. The molecule has 1 rings (SSSR count). The fraction of sp³-hybridized carbons (Fsp3) is 0.357. The SMILES string of the molecule is CC(C)N(CCC(=O)O)C(=O)Nc1cccc(F)c1C#N. The summed E-state index contributed by atoms with van der Waals surface area (Å²) in [6, 6.07) is 4.79. The highest BCUT2D eigenvalue weighted by molar-refractivity contribution is 5.91. The Morgan fingerprint density at radius 3 is 2.67 bits per heavy atom. The Balaban J connectivity index is 2.90. The van der Waals surface area contributed by atoms with Gasteiger partial charge in [-0.2, -0.15) is 5.26 Å². The van der Waals surface area contributed by atoms with Gasteiger partial charge in [0, 0.05) is 12.6 Å². The minimum Gasteiger partial charge on any atom is -0.481 e. The monoisotopic (exact) mass is 293 g/mol. The topological polar surface area (TPSA) is 93.4 Å². The maximum Gasteiger partial charge on any atom is 0.322 e. The number of halogens is 1. The van der Waals surface area contributed by atoms with Crippen LogP contribution in [0.5, 0.6) is 0 Å². The molecule has 0 saturated heterocycles. The Hall–Kier alpha value is -2.62. The number of amides is 2. The highest BCUT2D eigenvalue weighted by Gasteiger charge is 2.19. The number of rotatable bonds is 5. The largest absolute Gasteiger partial charge is 0.481 e. The average molecular weight is 293 g/mol. The molecule has 0 aromatic heterocycles. The first kappa shape index (κ1) is 16.4. The number of urea groups is 1. The Labute approximate surface area is 121 Å². The van der Waals surface area contributed by atoms with E-state index in [-0.39, 0.29) is 30.3 Å². The number of carboxylic acid groups (broad SMARTS) is 1. The molecule has 2 N–H and O–H groups in total. The second-order valence-electron chi connectivity index (χ2n) is 4.64. The zero-order valence-electron chi connectivity index (χ0n) is 11.8. The second kappa shape index (κ2) is 7.24. The second-order valence-corrected chi connectivity index (χ2v) is 4.64. The molecule has 2 amide bonds. The van der Waals surface area contributed by atoms with Crippen LogP contribution < -0.4 is 5.32 Å². The highest BCUT2D eigenvalue weighted by atomic mass is 19.1. The van der Waals surface area contributed by atoms with E-state index in [0.29, 0.717) is 0 Å². The molecular weight excluding hydrogens is 277 g/mol. The first-order valence-corrected chi connectivity index (χ1v) is 6.34. The number of hydrogen-bond donors (Lipinski definition) is 2. The van der Waals surface area contributed by atoms with Gasteiger partial charge in [0.15, 0.2) is 0 Å². The molecule has 0 aliphatic rings. The smallest absolute Gasteiger partial charge is 0.322 e. The van der Waals surface area contributed by atoms with E-state index in [1.54, 1.807) is 19.9 Å². The quantitative estimate of drug-likeness (QED) is 0.871. The van der Waals surface area contributed by atoms with Gasteiger partial charge < -0.3 is 15.3 Å². The maximum atomic E-state index is 13.4. The van der Waals surface area contributed by atoms with Gasteiger partial charge in [-0.05, 0) is 26.0 Å². The molecule has 1 aromatic carbocycles. The summed E-state index contributed by atoms with van der Waals surface area (Å²) in [6.07, 6.45) is -0.195. The number of nitrogens with zero attached hydrogens (tertiary/aromatic N) is 2. The summed E-state index contributed by atoms with van der Waals surface area (Å²) >= 11 is 0. The molecule has 21 heavy (non-hydrogen) atoms. The molecule has 0 fully saturated rings. The number of nitriles is 1. The zero-order valence-corrected chi connectivity index (χ0v) is 11.8. The van der Waals surface area contributed by atoms with Crippen LogP contribution in [0.25, 0.3) is 0 Å². The molecule has 1 aromatic rings.